The predicted octanol–water partition coefficient (Wildman–Crippen LogP) is 2.27. The number of hydrogen-bond acceptors (Lipinski definition) is 3. The third-order valence-corrected chi connectivity index (χ3v) is 2.95. The Bertz CT molecular complexity index is 614. The molecule has 0 spiro atoms. The van der Waals surface area contributed by atoms with Gasteiger partial charge in [0.2, 0.25) is 0 Å². The number of nitrogens with one attached hydrogen (secondary N) is 2. The average molecular weight is 285 g/mol. The summed E-state index contributed by atoms with van der Waals surface area (Å²) in [6.07, 6.45) is 0. The van der Waals surface area contributed by atoms with E-state index in [1.54, 1.807) is 24.3 Å². The van der Waals surface area contributed by atoms with E-state index in [1.165, 1.54) is 0 Å². The van der Waals surface area contributed by atoms with Crippen molar-refractivity contribution in [2.24, 2.45) is 5.73 Å². The molecule has 0 aromatic heterocycles. The van der Waals surface area contributed by atoms with Gasteiger partial charge in [0.05, 0.1) is 0 Å². The predicted molar refractivity (Wildman–Crippen MR) is 84.5 cm³/mol. The molecular formula is C15H15N3OS. The van der Waals surface area contributed by atoms with Crippen molar-refractivity contribution >= 4 is 28.9 Å². The number of thiocarbonyl (C=S) groups is 1. The van der Waals surface area contributed by atoms with Crippen LogP contribution in [-0.2, 0) is 6.54 Å². The first kappa shape index (κ1) is 14.2. The normalized spacial score (nSPS) is 9.85. The van der Waals surface area contributed by atoms with Crippen molar-refractivity contribution in [1.29, 1.82) is 0 Å². The molecule has 4 N–H and O–H groups in total. The topological polar surface area (TPSA) is 67.2 Å². The van der Waals surface area contributed by atoms with Gasteiger partial charge < -0.3 is 11.1 Å². The molecular weight excluding hydrogens is 270 g/mol. The molecule has 1 amide bonds. The van der Waals surface area contributed by atoms with E-state index in [4.69, 9.17) is 18.0 Å². The van der Waals surface area contributed by atoms with E-state index >= 15 is 0 Å². The second kappa shape index (κ2) is 6.79. The molecule has 20 heavy (non-hydrogen) atoms. The molecule has 4 nitrogen and oxygen atoms in total. The van der Waals surface area contributed by atoms with Gasteiger partial charge in [-0.25, -0.2) is 0 Å². The highest BCUT2D eigenvalue weighted by Gasteiger charge is 2.08. The molecule has 0 radical (unpaired) electrons. The Morgan fingerprint density at radius 1 is 1.05 bits per heavy atom. The number of amides is 1. The van der Waals surface area contributed by atoms with Crippen LogP contribution in [-0.4, -0.2) is 11.0 Å². The van der Waals surface area contributed by atoms with Gasteiger partial charge in [0, 0.05) is 17.8 Å². The first-order valence-electron chi connectivity index (χ1n) is 6.16. The summed E-state index contributed by atoms with van der Waals surface area (Å²) in [5, 5.41) is 5.87. The number of para-hydroxylation sites is 1. The van der Waals surface area contributed by atoms with Crippen LogP contribution >= 0.6 is 12.2 Å². The Kier molecular flexibility index (Phi) is 4.81. The molecule has 0 saturated carbocycles. The Balaban J connectivity index is 2.01. The van der Waals surface area contributed by atoms with Crippen LogP contribution in [0.5, 0.6) is 0 Å². The lowest BCUT2D eigenvalue weighted by molar-refractivity contribution is 0.0978. The molecule has 2 rings (SSSR count). The van der Waals surface area contributed by atoms with Crippen LogP contribution in [0.15, 0.2) is 54.6 Å². The smallest absolute Gasteiger partial charge is 0.257 e. The van der Waals surface area contributed by atoms with Crippen LogP contribution in [0.4, 0.5) is 5.69 Å². The fraction of sp³-hybridized carbons (Fsp3) is 0.0667. The van der Waals surface area contributed by atoms with Crippen LogP contribution in [0.1, 0.15) is 15.9 Å². The van der Waals surface area contributed by atoms with Gasteiger partial charge in [-0.2, -0.15) is 0 Å². The highest BCUT2D eigenvalue weighted by Crippen LogP contribution is 2.13. The van der Waals surface area contributed by atoms with Gasteiger partial charge in [-0.05, 0) is 36.0 Å². The van der Waals surface area contributed by atoms with Crippen LogP contribution in [0.2, 0.25) is 0 Å². The summed E-state index contributed by atoms with van der Waals surface area (Å²) in [6, 6.07) is 16.5. The van der Waals surface area contributed by atoms with E-state index < -0.39 is 0 Å². The lowest BCUT2D eigenvalue weighted by Gasteiger charge is -2.12. The van der Waals surface area contributed by atoms with Gasteiger partial charge in [0.15, 0.2) is 5.11 Å². The van der Waals surface area contributed by atoms with Crippen LogP contribution in [0, 0.1) is 0 Å². The molecule has 0 heterocycles. The molecule has 0 aliphatic rings. The first-order valence-corrected chi connectivity index (χ1v) is 6.57. The number of rotatable bonds is 3. The molecule has 0 aliphatic heterocycles. The fourth-order valence-corrected chi connectivity index (χ4v) is 1.94. The maximum Gasteiger partial charge on any atom is 0.257 e. The number of benzene rings is 2. The number of anilines is 1. The maximum absolute atomic E-state index is 11.9. The summed E-state index contributed by atoms with van der Waals surface area (Å²) in [7, 11) is 0. The van der Waals surface area contributed by atoms with Gasteiger partial charge in [-0.15, -0.1) is 0 Å². The van der Waals surface area contributed by atoms with E-state index in [0.717, 1.165) is 11.3 Å². The number of hydrogen-bond donors (Lipinski definition) is 3. The molecule has 0 aliphatic carbocycles. The zero-order valence-electron chi connectivity index (χ0n) is 10.8. The summed E-state index contributed by atoms with van der Waals surface area (Å²) < 4.78 is 0. The number of carbonyl (C=O) groups is 1. The lowest BCUT2D eigenvalue weighted by atomic mass is 10.2. The minimum Gasteiger partial charge on any atom is -0.332 e. The molecule has 0 atom stereocenters. The van der Waals surface area contributed by atoms with Gasteiger partial charge in [0.1, 0.15) is 0 Å². The van der Waals surface area contributed by atoms with Crippen molar-refractivity contribution in [3.8, 4) is 0 Å². The maximum atomic E-state index is 11.9. The average Bonchev–Trinajstić information content (AvgIpc) is 2.48. The third kappa shape index (κ3) is 3.63. The Hall–Kier alpha value is -2.24. The lowest BCUT2D eigenvalue weighted by Crippen LogP contribution is -2.34. The summed E-state index contributed by atoms with van der Waals surface area (Å²) >= 11 is 5.14. The van der Waals surface area contributed by atoms with E-state index in [-0.39, 0.29) is 11.0 Å². The molecule has 2 aromatic rings. The van der Waals surface area contributed by atoms with E-state index in [9.17, 15) is 4.79 Å². The van der Waals surface area contributed by atoms with E-state index in [0.29, 0.717) is 12.1 Å². The molecule has 102 valence electrons. The minimum atomic E-state index is -0.242. The zero-order chi connectivity index (χ0) is 14.4. The van der Waals surface area contributed by atoms with Gasteiger partial charge in [-0.1, -0.05) is 36.4 Å². The highest BCUT2D eigenvalue weighted by atomic mass is 32.1. The van der Waals surface area contributed by atoms with Crippen molar-refractivity contribution in [3.63, 3.8) is 0 Å². The molecule has 0 bridgehead atoms. The van der Waals surface area contributed by atoms with Crippen molar-refractivity contribution in [3.05, 3.63) is 65.7 Å². The van der Waals surface area contributed by atoms with Gasteiger partial charge >= 0.3 is 0 Å². The summed E-state index contributed by atoms with van der Waals surface area (Å²) in [5.74, 6) is -0.242. The van der Waals surface area contributed by atoms with E-state index in [1.807, 2.05) is 30.3 Å². The molecule has 0 fully saturated rings. The minimum absolute atomic E-state index is 0.242. The van der Waals surface area contributed by atoms with Crippen molar-refractivity contribution in [2.45, 2.75) is 6.54 Å². The summed E-state index contributed by atoms with van der Waals surface area (Å²) in [6.45, 7) is 0.401. The van der Waals surface area contributed by atoms with Crippen LogP contribution < -0.4 is 16.4 Å². The molecule has 0 unspecified atom stereocenters. The Morgan fingerprint density at radius 3 is 2.40 bits per heavy atom. The SMILES string of the molecule is NCc1ccccc1NC(=S)NC(=O)c1ccccc1. The van der Waals surface area contributed by atoms with Crippen molar-refractivity contribution < 1.29 is 4.79 Å². The van der Waals surface area contributed by atoms with Crippen molar-refractivity contribution in [1.82, 2.24) is 5.32 Å². The number of nitrogens with two attached hydrogens (primary N) is 1. The van der Waals surface area contributed by atoms with Crippen LogP contribution in [0.3, 0.4) is 0 Å². The Morgan fingerprint density at radius 2 is 1.70 bits per heavy atom. The van der Waals surface area contributed by atoms with Crippen molar-refractivity contribution in [2.75, 3.05) is 5.32 Å². The van der Waals surface area contributed by atoms with Gasteiger partial charge in [-0.3, -0.25) is 10.1 Å². The summed E-state index contributed by atoms with van der Waals surface area (Å²) in [4.78, 5) is 11.9. The molecule has 0 saturated heterocycles. The fourth-order valence-electron chi connectivity index (χ4n) is 1.74. The Labute approximate surface area is 123 Å². The van der Waals surface area contributed by atoms with Crippen LogP contribution in [0.25, 0.3) is 0 Å². The van der Waals surface area contributed by atoms with E-state index in [2.05, 4.69) is 10.6 Å². The largest absolute Gasteiger partial charge is 0.332 e. The quantitative estimate of drug-likeness (QED) is 0.757. The molecule has 2 aromatic carbocycles. The third-order valence-electron chi connectivity index (χ3n) is 2.75. The second-order valence-electron chi connectivity index (χ2n) is 4.14. The second-order valence-corrected chi connectivity index (χ2v) is 4.54. The summed E-state index contributed by atoms with van der Waals surface area (Å²) in [5.41, 5.74) is 7.94. The first-order chi connectivity index (χ1) is 9.70. The monoisotopic (exact) mass is 285 g/mol. The zero-order valence-corrected chi connectivity index (χ0v) is 11.6. The standard InChI is InChI=1S/C15H15N3OS/c16-10-12-8-4-5-9-13(12)17-15(20)18-14(19)11-6-2-1-3-7-11/h1-9H,10,16H2,(H2,17,18,19,20). The molecule has 5 heteroatoms. The highest BCUT2D eigenvalue weighted by molar-refractivity contribution is 7.80. The number of carbonyl (C=O) groups excluding carboxylic acids is 1. The van der Waals surface area contributed by atoms with Gasteiger partial charge in [0.25, 0.3) is 5.91 Å².